The highest BCUT2D eigenvalue weighted by Gasteiger charge is 2.21. The molecule has 0 amide bonds. The monoisotopic (exact) mass is 455 g/mol. The molecule has 0 unspecified atom stereocenters. The molecule has 0 fully saturated rings. The number of benzene rings is 1. The molecule has 3 N–H and O–H groups in total. The van der Waals surface area contributed by atoms with E-state index >= 15 is 0 Å². The van der Waals surface area contributed by atoms with Crippen LogP contribution in [0.3, 0.4) is 0 Å². The van der Waals surface area contributed by atoms with Gasteiger partial charge < -0.3 is 10.2 Å². The maximum absolute atomic E-state index is 12.4. The van der Waals surface area contributed by atoms with Crippen molar-refractivity contribution in [3.8, 4) is 11.1 Å². The van der Waals surface area contributed by atoms with Crippen molar-refractivity contribution in [2.75, 3.05) is 6.54 Å². The Labute approximate surface area is 189 Å². The number of carbonyl (C=O) groups is 1. The maximum atomic E-state index is 12.4. The van der Waals surface area contributed by atoms with Gasteiger partial charge in [-0.3, -0.25) is 0 Å². The number of carboxylic acids is 1. The summed E-state index contributed by atoms with van der Waals surface area (Å²) in [5.74, 6) is -0.997. The lowest BCUT2D eigenvalue weighted by molar-refractivity contribution is 0.0697. The molecular weight excluding hydrogens is 426 g/mol. The smallest absolute Gasteiger partial charge is 0.336 e. The van der Waals surface area contributed by atoms with Crippen molar-refractivity contribution in [1.82, 2.24) is 4.72 Å². The molecule has 170 valence electrons. The molecule has 0 aliphatic heterocycles. The Balaban J connectivity index is 1.68. The summed E-state index contributed by atoms with van der Waals surface area (Å²) < 4.78 is 27.4. The van der Waals surface area contributed by atoms with Crippen LogP contribution in [-0.4, -0.2) is 31.1 Å². The number of aryl methyl sites for hydroxylation is 2. The topological polar surface area (TPSA) is 104 Å². The first-order valence-electron chi connectivity index (χ1n) is 10.6. The molecule has 32 heavy (non-hydrogen) atoms. The molecule has 1 aromatic rings. The van der Waals surface area contributed by atoms with Crippen LogP contribution in [0.15, 0.2) is 59.5 Å². The molecule has 0 bridgehead atoms. The second-order valence-electron chi connectivity index (χ2n) is 8.56. The van der Waals surface area contributed by atoms with Crippen LogP contribution in [0.4, 0.5) is 0 Å². The first-order chi connectivity index (χ1) is 15.0. The SMILES string of the molecule is Cc1ccc(S(=O)(=O)NCCCCc2cc(C(=O)O)c3ccc(C(C)(C)O)ccc2-3)cc1. The summed E-state index contributed by atoms with van der Waals surface area (Å²) in [6.45, 7) is 5.57. The summed E-state index contributed by atoms with van der Waals surface area (Å²) >= 11 is 0. The summed E-state index contributed by atoms with van der Waals surface area (Å²) in [7, 11) is -3.54. The maximum Gasteiger partial charge on any atom is 0.336 e. The fraction of sp³-hybridized carbons (Fsp3) is 0.320. The van der Waals surface area contributed by atoms with Crippen molar-refractivity contribution in [3.63, 3.8) is 0 Å². The molecule has 3 rings (SSSR count). The third-order valence-electron chi connectivity index (χ3n) is 5.54. The van der Waals surface area contributed by atoms with Crippen molar-refractivity contribution in [3.05, 3.63) is 76.9 Å². The standard InChI is InChI=1S/C25H29NO5S/c1-17-7-11-20(12-8-17)32(30,31)26-15-5-4-6-18-16-23(24(27)28)22-14-10-19(25(2,3)29)9-13-21(18)22/h7-14,16,26,29H,4-6,15H2,1-3H3,(H,27,28). The molecule has 0 atom stereocenters. The van der Waals surface area contributed by atoms with Crippen LogP contribution in [0.5, 0.6) is 0 Å². The quantitative estimate of drug-likeness (QED) is 0.417. The Morgan fingerprint density at radius 2 is 1.59 bits per heavy atom. The first-order valence-corrected chi connectivity index (χ1v) is 12.1. The molecule has 0 saturated heterocycles. The van der Waals surface area contributed by atoms with Gasteiger partial charge in [0.15, 0.2) is 0 Å². The van der Waals surface area contributed by atoms with E-state index in [0.29, 0.717) is 36.9 Å². The van der Waals surface area contributed by atoms with Gasteiger partial charge >= 0.3 is 5.97 Å². The number of sulfonamides is 1. The Morgan fingerprint density at radius 1 is 0.969 bits per heavy atom. The minimum Gasteiger partial charge on any atom is -0.478 e. The van der Waals surface area contributed by atoms with Gasteiger partial charge in [0.25, 0.3) is 0 Å². The summed E-state index contributed by atoms with van der Waals surface area (Å²) in [6, 6.07) is 15.5. The number of carboxylic acid groups (broad SMARTS) is 1. The molecule has 0 saturated carbocycles. The van der Waals surface area contributed by atoms with E-state index < -0.39 is 21.6 Å². The number of aliphatic hydroxyl groups is 1. The van der Waals surface area contributed by atoms with Crippen LogP contribution in [0, 0.1) is 6.92 Å². The highest BCUT2D eigenvalue weighted by molar-refractivity contribution is 7.89. The van der Waals surface area contributed by atoms with Crippen molar-refractivity contribution < 1.29 is 23.4 Å². The van der Waals surface area contributed by atoms with E-state index in [4.69, 9.17) is 0 Å². The van der Waals surface area contributed by atoms with Gasteiger partial charge in [0.1, 0.15) is 0 Å². The number of rotatable bonds is 9. The summed E-state index contributed by atoms with van der Waals surface area (Å²) in [5, 5.41) is 19.9. The summed E-state index contributed by atoms with van der Waals surface area (Å²) in [6.07, 6.45) is 1.94. The summed E-state index contributed by atoms with van der Waals surface area (Å²) in [4.78, 5) is 12.0. The number of aromatic carboxylic acids is 1. The van der Waals surface area contributed by atoms with Crippen LogP contribution in [0.1, 0.15) is 53.7 Å². The van der Waals surface area contributed by atoms with Gasteiger partial charge in [-0.05, 0) is 80.5 Å². The molecule has 0 aromatic heterocycles. The predicted octanol–water partition coefficient (Wildman–Crippen LogP) is 4.33. The normalized spacial score (nSPS) is 12.2. The fourth-order valence-electron chi connectivity index (χ4n) is 3.67. The minimum absolute atomic E-state index is 0.230. The van der Waals surface area contributed by atoms with E-state index in [0.717, 1.165) is 16.7 Å². The average molecular weight is 456 g/mol. The average Bonchev–Trinajstić information content (AvgIpc) is 2.89. The molecule has 6 nitrogen and oxygen atoms in total. The molecule has 0 spiro atoms. The number of nitrogens with one attached hydrogen (secondary N) is 1. The van der Waals surface area contributed by atoms with Crippen molar-refractivity contribution in [2.45, 2.75) is 50.5 Å². The van der Waals surface area contributed by atoms with Crippen LogP contribution >= 0.6 is 0 Å². The van der Waals surface area contributed by atoms with Crippen molar-refractivity contribution in [2.24, 2.45) is 0 Å². The van der Waals surface area contributed by atoms with Gasteiger partial charge in [0.2, 0.25) is 10.0 Å². The molecule has 1 aromatic carbocycles. The third kappa shape index (κ3) is 5.54. The van der Waals surface area contributed by atoms with Gasteiger partial charge in [-0.1, -0.05) is 42.0 Å². The molecular formula is C25H29NO5S. The third-order valence-corrected chi connectivity index (χ3v) is 7.01. The van der Waals surface area contributed by atoms with E-state index in [-0.39, 0.29) is 10.5 Å². The summed E-state index contributed by atoms with van der Waals surface area (Å²) in [5.41, 5.74) is 3.25. The second-order valence-corrected chi connectivity index (χ2v) is 10.3. The van der Waals surface area contributed by atoms with E-state index in [1.54, 1.807) is 56.3 Å². The van der Waals surface area contributed by atoms with Gasteiger partial charge in [-0.15, -0.1) is 0 Å². The minimum atomic E-state index is -3.54. The highest BCUT2D eigenvalue weighted by Crippen LogP contribution is 2.34. The molecule has 0 heterocycles. The molecule has 7 heteroatoms. The predicted molar refractivity (Wildman–Crippen MR) is 125 cm³/mol. The van der Waals surface area contributed by atoms with E-state index in [2.05, 4.69) is 4.72 Å². The molecule has 0 radical (unpaired) electrons. The zero-order valence-corrected chi connectivity index (χ0v) is 19.4. The van der Waals surface area contributed by atoms with E-state index in [1.165, 1.54) is 0 Å². The number of hydrogen-bond donors (Lipinski definition) is 3. The van der Waals surface area contributed by atoms with Crippen molar-refractivity contribution >= 4 is 16.0 Å². The largest absolute Gasteiger partial charge is 0.478 e. The lowest BCUT2D eigenvalue weighted by Crippen LogP contribution is -2.24. The number of unbranched alkanes of at least 4 members (excludes halogenated alkanes) is 1. The number of hydrogen-bond acceptors (Lipinski definition) is 4. The Bertz CT molecular complexity index is 1180. The van der Waals surface area contributed by atoms with Crippen molar-refractivity contribution in [1.29, 1.82) is 0 Å². The Kier molecular flexibility index (Phi) is 7.03. The zero-order valence-electron chi connectivity index (χ0n) is 18.6. The number of fused-ring (bicyclic) bond motifs is 1. The molecule has 2 aliphatic carbocycles. The highest BCUT2D eigenvalue weighted by atomic mass is 32.2. The van der Waals surface area contributed by atoms with Crippen LogP contribution in [0.2, 0.25) is 0 Å². The zero-order chi connectivity index (χ0) is 23.5. The first kappa shape index (κ1) is 23.9. The van der Waals surface area contributed by atoms with Crippen LogP contribution < -0.4 is 4.72 Å². The second kappa shape index (κ2) is 9.40. The van der Waals surface area contributed by atoms with E-state index in [1.807, 2.05) is 19.1 Å². The van der Waals surface area contributed by atoms with Gasteiger partial charge in [-0.25, -0.2) is 17.9 Å². The fourth-order valence-corrected chi connectivity index (χ4v) is 4.74. The van der Waals surface area contributed by atoms with E-state index in [9.17, 15) is 23.4 Å². The Hall–Kier alpha value is -2.74. The lowest BCUT2D eigenvalue weighted by atomic mass is 10.0. The van der Waals surface area contributed by atoms with Gasteiger partial charge in [0, 0.05) is 6.54 Å². The van der Waals surface area contributed by atoms with Gasteiger partial charge in [-0.2, -0.15) is 0 Å². The van der Waals surface area contributed by atoms with Crippen LogP contribution in [0.25, 0.3) is 11.1 Å². The molecule has 2 aliphatic rings. The lowest BCUT2D eigenvalue weighted by Gasteiger charge is -2.15. The van der Waals surface area contributed by atoms with Gasteiger partial charge in [0.05, 0.1) is 16.1 Å². The van der Waals surface area contributed by atoms with Crippen LogP contribution in [-0.2, 0) is 22.0 Å². The Morgan fingerprint density at radius 3 is 2.19 bits per heavy atom.